The molecule has 0 saturated heterocycles. The Kier molecular flexibility index (Phi) is 5.40. The maximum absolute atomic E-state index is 13.3. The summed E-state index contributed by atoms with van der Waals surface area (Å²) < 4.78 is 31.9. The normalized spacial score (nSPS) is 24.4. The molecule has 0 heterocycles. The van der Waals surface area contributed by atoms with E-state index in [2.05, 4.69) is 6.92 Å². The zero-order valence-electron chi connectivity index (χ0n) is 15.6. The van der Waals surface area contributed by atoms with Gasteiger partial charge in [-0.15, -0.1) is 0 Å². The second-order valence-electron chi connectivity index (χ2n) is 6.82. The largest absolute Gasteiger partial charge is 0.465 e. The lowest BCUT2D eigenvalue weighted by Crippen LogP contribution is -2.33. The number of nitrogens with two attached hydrogens (primary N) is 1. The van der Waals surface area contributed by atoms with Crippen molar-refractivity contribution >= 4 is 15.8 Å². The first kappa shape index (κ1) is 19.6. The minimum atomic E-state index is -3.74. The fraction of sp³-hybridized carbons (Fsp3) is 0.381. The van der Waals surface area contributed by atoms with Crippen molar-refractivity contribution in [2.75, 3.05) is 13.2 Å². The van der Waals surface area contributed by atoms with Gasteiger partial charge in [-0.1, -0.05) is 49.4 Å². The van der Waals surface area contributed by atoms with Gasteiger partial charge < -0.3 is 10.5 Å². The molecule has 2 aromatic carbocycles. The van der Waals surface area contributed by atoms with Gasteiger partial charge in [-0.2, -0.15) is 0 Å². The lowest BCUT2D eigenvalue weighted by Gasteiger charge is -2.14. The highest BCUT2D eigenvalue weighted by Crippen LogP contribution is 2.64. The summed E-state index contributed by atoms with van der Waals surface area (Å²) in [6.07, 6.45) is 0.886. The molecule has 1 aliphatic rings. The summed E-state index contributed by atoms with van der Waals surface area (Å²) in [5.41, 5.74) is 6.68. The summed E-state index contributed by atoms with van der Waals surface area (Å²) in [7, 11) is -3.74. The number of hydrogen-bond donors (Lipinski definition) is 1. The van der Waals surface area contributed by atoms with Gasteiger partial charge in [-0.25, -0.2) is 8.42 Å². The van der Waals surface area contributed by atoms with E-state index in [9.17, 15) is 13.2 Å². The van der Waals surface area contributed by atoms with Gasteiger partial charge in [0, 0.05) is 12.5 Å². The lowest BCUT2D eigenvalue weighted by molar-refractivity contribution is -0.149. The predicted octanol–water partition coefficient (Wildman–Crippen LogP) is 2.70. The molecule has 144 valence electrons. The Morgan fingerprint density at radius 1 is 1.07 bits per heavy atom. The molecule has 3 rings (SSSR count). The van der Waals surface area contributed by atoms with Crippen LogP contribution in [0, 0.1) is 5.41 Å². The van der Waals surface area contributed by atoms with E-state index in [1.807, 2.05) is 24.3 Å². The number of hydrogen-bond acceptors (Lipinski definition) is 5. The van der Waals surface area contributed by atoms with Crippen LogP contribution in [0.4, 0.5) is 0 Å². The molecule has 6 heteroatoms. The average molecular weight is 388 g/mol. The first-order valence-corrected chi connectivity index (χ1v) is 10.7. The second kappa shape index (κ2) is 7.44. The van der Waals surface area contributed by atoms with Crippen LogP contribution in [-0.4, -0.2) is 32.8 Å². The summed E-state index contributed by atoms with van der Waals surface area (Å²) >= 11 is 0. The molecule has 0 bridgehead atoms. The van der Waals surface area contributed by atoms with Crippen molar-refractivity contribution < 1.29 is 17.9 Å². The molecule has 2 N–H and O–H groups in total. The number of ether oxygens (including phenoxy) is 1. The highest BCUT2D eigenvalue weighted by Gasteiger charge is 2.75. The first-order chi connectivity index (χ1) is 12.9. The monoisotopic (exact) mass is 387 g/mol. The predicted molar refractivity (Wildman–Crippen MR) is 104 cm³/mol. The van der Waals surface area contributed by atoms with Crippen molar-refractivity contribution in [3.63, 3.8) is 0 Å². The van der Waals surface area contributed by atoms with E-state index in [0.717, 1.165) is 17.5 Å². The van der Waals surface area contributed by atoms with Gasteiger partial charge in [0.05, 0.1) is 16.8 Å². The summed E-state index contributed by atoms with van der Waals surface area (Å²) in [6.45, 7) is 3.86. The van der Waals surface area contributed by atoms with Gasteiger partial charge in [-0.3, -0.25) is 4.79 Å². The van der Waals surface area contributed by atoms with Gasteiger partial charge in [0.1, 0.15) is 5.41 Å². The Morgan fingerprint density at radius 2 is 1.70 bits per heavy atom. The van der Waals surface area contributed by atoms with Crippen LogP contribution < -0.4 is 5.73 Å². The van der Waals surface area contributed by atoms with Crippen LogP contribution in [0.3, 0.4) is 0 Å². The Morgan fingerprint density at radius 3 is 2.22 bits per heavy atom. The van der Waals surface area contributed by atoms with Crippen LogP contribution in [0.25, 0.3) is 0 Å². The Balaban J connectivity index is 2.09. The molecule has 0 amide bonds. The highest BCUT2D eigenvalue weighted by atomic mass is 32.2. The van der Waals surface area contributed by atoms with E-state index in [4.69, 9.17) is 10.5 Å². The molecule has 0 radical (unpaired) electrons. The quantitative estimate of drug-likeness (QED) is 0.738. The summed E-state index contributed by atoms with van der Waals surface area (Å²) in [4.78, 5) is 13.0. The summed E-state index contributed by atoms with van der Waals surface area (Å²) in [5, 5.41) is -0.927. The van der Waals surface area contributed by atoms with Crippen LogP contribution in [0.1, 0.15) is 30.9 Å². The van der Waals surface area contributed by atoms with E-state index in [1.54, 1.807) is 37.3 Å². The van der Waals surface area contributed by atoms with Gasteiger partial charge >= 0.3 is 5.97 Å². The van der Waals surface area contributed by atoms with Crippen LogP contribution in [-0.2, 0) is 25.8 Å². The molecule has 0 aliphatic heterocycles. The maximum atomic E-state index is 13.3. The van der Waals surface area contributed by atoms with Crippen molar-refractivity contribution in [1.29, 1.82) is 0 Å². The number of carbonyl (C=O) groups is 1. The van der Waals surface area contributed by atoms with Crippen LogP contribution >= 0.6 is 0 Å². The highest BCUT2D eigenvalue weighted by molar-refractivity contribution is 7.92. The number of rotatable bonds is 7. The molecule has 1 fully saturated rings. The second-order valence-corrected chi connectivity index (χ2v) is 8.89. The fourth-order valence-corrected chi connectivity index (χ4v) is 6.29. The van der Waals surface area contributed by atoms with Crippen molar-refractivity contribution in [3.8, 4) is 0 Å². The van der Waals surface area contributed by atoms with Crippen molar-refractivity contribution in [2.24, 2.45) is 11.1 Å². The number of sulfone groups is 1. The van der Waals surface area contributed by atoms with Crippen LogP contribution in [0.15, 0.2) is 59.5 Å². The number of esters is 1. The van der Waals surface area contributed by atoms with Gasteiger partial charge in [-0.05, 0) is 36.6 Å². The molecule has 1 aliphatic carbocycles. The van der Waals surface area contributed by atoms with Crippen molar-refractivity contribution in [1.82, 2.24) is 0 Å². The average Bonchev–Trinajstić information content (AvgIpc) is 3.40. The number of aryl methyl sites for hydroxylation is 1. The Bertz CT molecular complexity index is 909. The van der Waals surface area contributed by atoms with E-state index >= 15 is 0 Å². The third kappa shape index (κ3) is 3.17. The SMILES string of the molecule is CCOC(=O)[C@@]1(CN)[C@H](c2ccc(CC)cc2)[C@@H]1S(=O)(=O)c1ccccc1. The third-order valence-electron chi connectivity index (χ3n) is 5.40. The smallest absolute Gasteiger partial charge is 0.315 e. The molecule has 0 unspecified atom stereocenters. The summed E-state index contributed by atoms with van der Waals surface area (Å²) in [6, 6.07) is 15.9. The number of benzene rings is 2. The van der Waals surface area contributed by atoms with Crippen molar-refractivity contribution in [2.45, 2.75) is 36.3 Å². The van der Waals surface area contributed by atoms with Gasteiger partial charge in [0.25, 0.3) is 0 Å². The molecular formula is C21H25NO4S. The van der Waals surface area contributed by atoms with E-state index in [-0.39, 0.29) is 18.0 Å². The lowest BCUT2D eigenvalue weighted by atomic mass is 9.98. The van der Waals surface area contributed by atoms with E-state index in [1.165, 1.54) is 0 Å². The minimum absolute atomic E-state index is 0.0806. The van der Waals surface area contributed by atoms with Gasteiger partial charge in [0.15, 0.2) is 9.84 Å². The number of carbonyl (C=O) groups excluding carboxylic acids is 1. The molecular weight excluding hydrogens is 362 g/mol. The molecule has 5 nitrogen and oxygen atoms in total. The summed E-state index contributed by atoms with van der Waals surface area (Å²) in [5.74, 6) is -1.06. The molecule has 27 heavy (non-hydrogen) atoms. The molecule has 3 atom stereocenters. The molecule has 2 aromatic rings. The minimum Gasteiger partial charge on any atom is -0.465 e. The maximum Gasteiger partial charge on any atom is 0.315 e. The Labute approximate surface area is 160 Å². The zero-order valence-corrected chi connectivity index (χ0v) is 16.4. The molecule has 1 saturated carbocycles. The third-order valence-corrected chi connectivity index (χ3v) is 7.69. The van der Waals surface area contributed by atoms with Crippen molar-refractivity contribution in [3.05, 3.63) is 65.7 Å². The van der Waals surface area contributed by atoms with E-state index < -0.39 is 32.4 Å². The fourth-order valence-electron chi connectivity index (χ4n) is 3.89. The molecule has 0 aromatic heterocycles. The zero-order chi connectivity index (χ0) is 19.7. The first-order valence-electron chi connectivity index (χ1n) is 9.18. The molecule has 0 spiro atoms. The standard InChI is InChI=1S/C21H25NO4S/c1-3-15-10-12-16(13-11-15)18-19(21(18,14-22)20(23)26-4-2)27(24,25)17-8-6-5-7-9-17/h5-13,18-19H,3-4,14,22H2,1-2H3/t18-,19+,21+/m1/s1. The Hall–Kier alpha value is -2.18. The topological polar surface area (TPSA) is 86.5 Å². The van der Waals surface area contributed by atoms with Crippen LogP contribution in [0.5, 0.6) is 0 Å². The van der Waals surface area contributed by atoms with E-state index in [0.29, 0.717) is 0 Å². The van der Waals surface area contributed by atoms with Gasteiger partial charge in [0.2, 0.25) is 0 Å². The van der Waals surface area contributed by atoms with Crippen LogP contribution in [0.2, 0.25) is 0 Å².